The molecule has 4 heterocycles. The van der Waals surface area contributed by atoms with Crippen molar-refractivity contribution in [2.75, 3.05) is 38.3 Å². The third kappa shape index (κ3) is 5.70. The van der Waals surface area contributed by atoms with Crippen LogP contribution >= 0.6 is 0 Å². The van der Waals surface area contributed by atoms with Crippen LogP contribution in [0.15, 0.2) is 30.9 Å². The number of nitrogens with zero attached hydrogens (tertiary/aromatic N) is 7. The van der Waals surface area contributed by atoms with Crippen LogP contribution in [-0.4, -0.2) is 80.6 Å². The Labute approximate surface area is 204 Å². The number of pyridine rings is 1. The lowest BCUT2D eigenvalue weighted by Gasteiger charge is -2.36. The summed E-state index contributed by atoms with van der Waals surface area (Å²) in [6.45, 7) is 1.54. The Balaban J connectivity index is 1.22. The summed E-state index contributed by atoms with van der Waals surface area (Å²) in [5.41, 5.74) is 5.65. The van der Waals surface area contributed by atoms with Crippen LogP contribution in [0.5, 0.6) is 0 Å². The first kappa shape index (κ1) is 25.3. The van der Waals surface area contributed by atoms with Gasteiger partial charge in [-0.2, -0.15) is 13.2 Å². The highest BCUT2D eigenvalue weighted by Crippen LogP contribution is 2.29. The van der Waals surface area contributed by atoms with Crippen LogP contribution in [0.3, 0.4) is 0 Å². The molecule has 1 saturated heterocycles. The number of imidazole rings is 1. The van der Waals surface area contributed by atoms with Gasteiger partial charge in [0.2, 0.25) is 11.9 Å². The van der Waals surface area contributed by atoms with Gasteiger partial charge in [-0.3, -0.25) is 9.59 Å². The lowest BCUT2D eigenvalue weighted by atomic mass is 10.0. The largest absolute Gasteiger partial charge is 0.419 e. The Hall–Kier alpha value is -3.81. The van der Waals surface area contributed by atoms with Crippen LogP contribution in [0, 0.1) is 0 Å². The van der Waals surface area contributed by atoms with Gasteiger partial charge in [0.15, 0.2) is 5.65 Å². The maximum atomic E-state index is 12.7. The van der Waals surface area contributed by atoms with E-state index in [0.29, 0.717) is 43.6 Å². The average molecular weight is 506 g/mol. The quantitative estimate of drug-likeness (QED) is 0.455. The number of carbonyl (C=O) groups is 2. The number of hydrogen-bond donors (Lipinski definition) is 1. The van der Waals surface area contributed by atoms with E-state index in [-0.39, 0.29) is 36.8 Å². The van der Waals surface area contributed by atoms with Crippen molar-refractivity contribution < 1.29 is 27.5 Å². The van der Waals surface area contributed by atoms with Gasteiger partial charge in [0.05, 0.1) is 18.5 Å². The summed E-state index contributed by atoms with van der Waals surface area (Å²) in [6, 6.07) is 3.14. The molecule has 0 spiro atoms. The third-order valence-corrected chi connectivity index (χ3v) is 6.07. The number of anilines is 1. The van der Waals surface area contributed by atoms with E-state index in [1.165, 1.54) is 6.07 Å². The molecule has 0 bridgehead atoms. The average Bonchev–Trinajstić information content (AvgIpc) is 3.28. The maximum absolute atomic E-state index is 12.7. The van der Waals surface area contributed by atoms with Crippen LogP contribution < -0.4 is 10.6 Å². The maximum Gasteiger partial charge on any atom is 0.419 e. The fourth-order valence-corrected chi connectivity index (χ4v) is 3.95. The molecule has 1 aliphatic heterocycles. The first-order chi connectivity index (χ1) is 17.1. The van der Waals surface area contributed by atoms with Gasteiger partial charge in [-0.1, -0.05) is 0 Å². The summed E-state index contributed by atoms with van der Waals surface area (Å²) in [6.07, 6.45) is -0.0903. The van der Waals surface area contributed by atoms with Gasteiger partial charge >= 0.3 is 6.18 Å². The number of aromatic nitrogens is 5. The van der Waals surface area contributed by atoms with Gasteiger partial charge in [0.25, 0.3) is 5.91 Å². The Morgan fingerprint density at radius 1 is 1.17 bits per heavy atom. The molecule has 0 saturated carbocycles. The number of rotatable bonds is 8. The van der Waals surface area contributed by atoms with Crippen LogP contribution in [-0.2, 0) is 22.3 Å². The molecule has 2 amide bonds. The number of nitrogens with two attached hydrogens (primary N) is 1. The Bertz CT molecular complexity index is 1220. The van der Waals surface area contributed by atoms with E-state index in [1.54, 1.807) is 33.8 Å². The SMILES string of the molecule is CN(C(=O)COCCn1cnc2ccc(C(N)=O)nc21)C1CCN(c2ncc(C(F)(F)F)cn2)CC1. The summed E-state index contributed by atoms with van der Waals surface area (Å²) in [4.78, 5) is 43.5. The van der Waals surface area contributed by atoms with Crippen LogP contribution in [0.2, 0.25) is 0 Å². The molecule has 36 heavy (non-hydrogen) atoms. The second kappa shape index (κ2) is 10.4. The highest BCUT2D eigenvalue weighted by molar-refractivity contribution is 5.92. The Kier molecular flexibility index (Phi) is 7.33. The van der Waals surface area contributed by atoms with Crippen molar-refractivity contribution >= 4 is 28.9 Å². The summed E-state index contributed by atoms with van der Waals surface area (Å²) in [7, 11) is 1.71. The number of primary amides is 1. The van der Waals surface area contributed by atoms with Crippen molar-refractivity contribution in [3.8, 4) is 0 Å². The summed E-state index contributed by atoms with van der Waals surface area (Å²) >= 11 is 0. The molecule has 11 nitrogen and oxygen atoms in total. The third-order valence-electron chi connectivity index (χ3n) is 6.07. The number of ether oxygens (including phenoxy) is 1. The van der Waals surface area contributed by atoms with Crippen molar-refractivity contribution in [2.24, 2.45) is 5.73 Å². The van der Waals surface area contributed by atoms with Crippen molar-refractivity contribution in [2.45, 2.75) is 31.6 Å². The van der Waals surface area contributed by atoms with E-state index in [0.717, 1.165) is 12.4 Å². The smallest absolute Gasteiger partial charge is 0.370 e. The standard InChI is InChI=1S/C22H25F3N8O3/c1-31(15-4-6-32(7-5-15)21-27-10-14(11-28-21)22(23,24)25)18(34)12-36-9-8-33-13-29-17-3-2-16(19(26)35)30-20(17)33/h2-3,10-11,13,15H,4-9,12H2,1H3,(H2,26,35). The molecule has 14 heteroatoms. The lowest BCUT2D eigenvalue weighted by molar-refractivity contribution is -0.138. The van der Waals surface area contributed by atoms with Crippen molar-refractivity contribution in [3.63, 3.8) is 0 Å². The zero-order valence-corrected chi connectivity index (χ0v) is 19.5. The lowest BCUT2D eigenvalue weighted by Crippen LogP contribution is -2.47. The molecule has 2 N–H and O–H groups in total. The van der Waals surface area contributed by atoms with E-state index in [4.69, 9.17) is 10.5 Å². The second-order valence-corrected chi connectivity index (χ2v) is 8.39. The van der Waals surface area contributed by atoms with Crippen LogP contribution in [0.1, 0.15) is 28.9 Å². The van der Waals surface area contributed by atoms with E-state index < -0.39 is 17.6 Å². The molecule has 3 aromatic heterocycles. The van der Waals surface area contributed by atoms with Gasteiger partial charge in [0, 0.05) is 45.1 Å². The molecule has 0 radical (unpaired) electrons. The zero-order valence-electron chi connectivity index (χ0n) is 19.5. The Morgan fingerprint density at radius 3 is 2.50 bits per heavy atom. The van der Waals surface area contributed by atoms with E-state index >= 15 is 0 Å². The molecule has 0 aliphatic carbocycles. The number of hydrogen-bond acceptors (Lipinski definition) is 8. The first-order valence-electron chi connectivity index (χ1n) is 11.2. The second-order valence-electron chi connectivity index (χ2n) is 8.39. The number of amides is 2. The molecule has 4 rings (SSSR count). The fourth-order valence-electron chi connectivity index (χ4n) is 3.95. The number of fused-ring (bicyclic) bond motifs is 1. The minimum Gasteiger partial charge on any atom is -0.370 e. The van der Waals surface area contributed by atoms with Crippen molar-refractivity contribution in [1.29, 1.82) is 0 Å². The molecular formula is C22H25F3N8O3. The topological polar surface area (TPSA) is 132 Å². The number of halogens is 3. The molecule has 0 aromatic carbocycles. The van der Waals surface area contributed by atoms with Gasteiger partial charge < -0.3 is 24.8 Å². The molecule has 3 aromatic rings. The molecule has 1 aliphatic rings. The minimum absolute atomic E-state index is 0.0270. The summed E-state index contributed by atoms with van der Waals surface area (Å²) < 4.78 is 45.4. The molecule has 0 atom stereocenters. The first-order valence-corrected chi connectivity index (χ1v) is 11.2. The van der Waals surface area contributed by atoms with Gasteiger partial charge in [0.1, 0.15) is 17.8 Å². The molecule has 192 valence electrons. The number of likely N-dealkylation sites (N-methyl/N-ethyl adjacent to an activating group) is 1. The van der Waals surface area contributed by atoms with Crippen LogP contribution in [0.4, 0.5) is 19.1 Å². The van der Waals surface area contributed by atoms with E-state index in [9.17, 15) is 22.8 Å². The molecule has 0 unspecified atom stereocenters. The van der Waals surface area contributed by atoms with Crippen LogP contribution in [0.25, 0.3) is 11.2 Å². The summed E-state index contributed by atoms with van der Waals surface area (Å²) in [5.74, 6) is -0.570. The fraction of sp³-hybridized carbons (Fsp3) is 0.455. The van der Waals surface area contributed by atoms with E-state index in [2.05, 4.69) is 19.9 Å². The van der Waals surface area contributed by atoms with Gasteiger partial charge in [-0.15, -0.1) is 0 Å². The number of alkyl halides is 3. The normalized spacial score (nSPS) is 14.8. The minimum atomic E-state index is -4.48. The Morgan fingerprint density at radius 2 is 1.86 bits per heavy atom. The van der Waals surface area contributed by atoms with Gasteiger partial charge in [-0.25, -0.2) is 19.9 Å². The van der Waals surface area contributed by atoms with E-state index in [1.807, 2.05) is 0 Å². The molecule has 1 fully saturated rings. The van der Waals surface area contributed by atoms with Crippen molar-refractivity contribution in [3.05, 3.63) is 42.1 Å². The predicted molar refractivity (Wildman–Crippen MR) is 122 cm³/mol. The number of piperidine rings is 1. The molecular weight excluding hydrogens is 481 g/mol. The monoisotopic (exact) mass is 506 g/mol. The zero-order chi connectivity index (χ0) is 25.9. The highest BCUT2D eigenvalue weighted by Gasteiger charge is 2.32. The van der Waals surface area contributed by atoms with Gasteiger partial charge in [-0.05, 0) is 25.0 Å². The predicted octanol–water partition coefficient (Wildman–Crippen LogP) is 1.48. The number of carbonyl (C=O) groups excluding carboxylic acids is 2. The highest BCUT2D eigenvalue weighted by atomic mass is 19.4. The van der Waals surface area contributed by atoms with Crippen molar-refractivity contribution in [1.82, 2.24) is 29.4 Å². The summed E-state index contributed by atoms with van der Waals surface area (Å²) in [5, 5.41) is 0.